The highest BCUT2D eigenvalue weighted by molar-refractivity contribution is 4.83. The molecule has 0 aromatic carbocycles. The highest BCUT2D eigenvalue weighted by Crippen LogP contribution is 1.89. The minimum absolute atomic E-state index is 0. The maximum atomic E-state index is 5.08. The fourth-order valence-corrected chi connectivity index (χ4v) is 0.576. The summed E-state index contributed by atoms with van der Waals surface area (Å²) in [6.07, 6.45) is 3.50. The van der Waals surface area contributed by atoms with Crippen molar-refractivity contribution in [1.29, 1.82) is 0 Å². The number of nitrogens with zero attached hydrogens (tertiary/aromatic N) is 1. The van der Waals surface area contributed by atoms with Gasteiger partial charge in [0, 0.05) is 20.4 Å². The number of aromatic amines is 1. The molecule has 0 fully saturated rings. The number of hydrogen-bond donors (Lipinski definition) is 1. The summed E-state index contributed by atoms with van der Waals surface area (Å²) < 4.78 is 5.08. The summed E-state index contributed by atoms with van der Waals surface area (Å²) in [7, 11) is 0. The van der Waals surface area contributed by atoms with E-state index in [0.717, 1.165) is 12.4 Å². The summed E-state index contributed by atoms with van der Waals surface area (Å²) in [5, 5.41) is 0. The average Bonchev–Trinajstić information content (AvgIpc) is 2.34. The Hall–Kier alpha value is -0.830. The van der Waals surface area contributed by atoms with Crippen molar-refractivity contribution in [2.75, 3.05) is 6.61 Å². The number of ether oxygens (including phenoxy) is 1. The quantitative estimate of drug-likeness (QED) is 0.664. The Balaban J connectivity index is 0.000000810. The van der Waals surface area contributed by atoms with E-state index in [9.17, 15) is 0 Å². The minimum atomic E-state index is 0. The molecular weight excluding hydrogens is 116 g/mol. The zero-order chi connectivity index (χ0) is 6.53. The van der Waals surface area contributed by atoms with Crippen LogP contribution in [0.5, 0.6) is 0 Å². The van der Waals surface area contributed by atoms with Gasteiger partial charge in [0.2, 0.25) is 0 Å². The molecule has 0 aliphatic carbocycles. The van der Waals surface area contributed by atoms with E-state index in [1.54, 1.807) is 12.4 Å². The summed E-state index contributed by atoms with van der Waals surface area (Å²) in [5.74, 6) is 0.886. The van der Waals surface area contributed by atoms with Gasteiger partial charge in [-0.3, -0.25) is 0 Å². The molecule has 0 radical (unpaired) electrons. The molecule has 9 heavy (non-hydrogen) atoms. The molecule has 0 atom stereocenters. The van der Waals surface area contributed by atoms with Gasteiger partial charge >= 0.3 is 0 Å². The van der Waals surface area contributed by atoms with Crippen molar-refractivity contribution in [2.45, 2.75) is 13.5 Å². The Morgan fingerprint density at radius 1 is 1.89 bits per heavy atom. The third-order valence-electron chi connectivity index (χ3n) is 0.998. The lowest BCUT2D eigenvalue weighted by Crippen LogP contribution is -1.92. The topological polar surface area (TPSA) is 37.9 Å². The van der Waals surface area contributed by atoms with Gasteiger partial charge in [-0.2, -0.15) is 0 Å². The molecule has 0 aliphatic rings. The number of rotatable bonds is 3. The zero-order valence-electron chi connectivity index (χ0n) is 5.42. The monoisotopic (exact) mass is 128 g/mol. The molecule has 1 N–H and O–H groups in total. The molecule has 0 saturated heterocycles. The van der Waals surface area contributed by atoms with E-state index in [1.807, 2.05) is 6.92 Å². The highest BCUT2D eigenvalue weighted by Gasteiger charge is 1.89. The molecular formula is C6H12N2O. The van der Waals surface area contributed by atoms with E-state index in [2.05, 4.69) is 9.97 Å². The van der Waals surface area contributed by atoms with E-state index in [4.69, 9.17) is 4.74 Å². The van der Waals surface area contributed by atoms with Crippen LogP contribution in [0, 0.1) is 0 Å². The van der Waals surface area contributed by atoms with Gasteiger partial charge in [-0.1, -0.05) is 0 Å². The summed E-state index contributed by atoms with van der Waals surface area (Å²) in [4.78, 5) is 6.91. The Kier molecular flexibility index (Phi) is 2.27. The number of hydrogen-bond acceptors (Lipinski definition) is 2. The zero-order valence-corrected chi connectivity index (χ0v) is 5.42. The van der Waals surface area contributed by atoms with Crippen LogP contribution < -0.4 is 0 Å². The standard InChI is InChI=1S/C6H10N2O.H2/c1-2-9-5-6-7-3-4-8-6;/h3-4H,2,5H2,1H3,(H,7,8);1H. The lowest BCUT2D eigenvalue weighted by Gasteiger charge is -1.94. The Labute approximate surface area is 55.6 Å². The molecule has 1 rings (SSSR count). The summed E-state index contributed by atoms with van der Waals surface area (Å²) in [5.41, 5.74) is 0. The summed E-state index contributed by atoms with van der Waals surface area (Å²) in [6, 6.07) is 0. The van der Waals surface area contributed by atoms with Crippen LogP contribution >= 0.6 is 0 Å². The molecule has 1 aromatic heterocycles. The van der Waals surface area contributed by atoms with Crippen LogP contribution in [0.3, 0.4) is 0 Å². The first kappa shape index (κ1) is 6.29. The van der Waals surface area contributed by atoms with Crippen LogP contribution in [0.4, 0.5) is 0 Å². The lowest BCUT2D eigenvalue weighted by atomic mass is 10.7. The van der Waals surface area contributed by atoms with Gasteiger partial charge < -0.3 is 9.72 Å². The van der Waals surface area contributed by atoms with Crippen LogP contribution in [0.25, 0.3) is 0 Å². The maximum absolute atomic E-state index is 5.08. The van der Waals surface area contributed by atoms with Crippen molar-refractivity contribution in [2.24, 2.45) is 0 Å². The van der Waals surface area contributed by atoms with E-state index >= 15 is 0 Å². The Morgan fingerprint density at radius 2 is 2.78 bits per heavy atom. The number of aromatic nitrogens is 2. The van der Waals surface area contributed by atoms with Crippen LogP contribution in [-0.4, -0.2) is 16.6 Å². The first-order valence-electron chi connectivity index (χ1n) is 2.99. The second-order valence-corrected chi connectivity index (χ2v) is 1.67. The van der Waals surface area contributed by atoms with Crippen molar-refractivity contribution < 1.29 is 6.16 Å². The van der Waals surface area contributed by atoms with Crippen LogP contribution in [0.2, 0.25) is 0 Å². The number of H-pyrrole nitrogens is 1. The van der Waals surface area contributed by atoms with Crippen LogP contribution in [0.15, 0.2) is 12.4 Å². The molecule has 0 spiro atoms. The van der Waals surface area contributed by atoms with Gasteiger partial charge in [0.1, 0.15) is 12.4 Å². The smallest absolute Gasteiger partial charge is 0.132 e. The van der Waals surface area contributed by atoms with E-state index in [1.165, 1.54) is 0 Å². The van der Waals surface area contributed by atoms with Crippen molar-refractivity contribution in [1.82, 2.24) is 9.97 Å². The van der Waals surface area contributed by atoms with Crippen molar-refractivity contribution in [3.8, 4) is 0 Å². The van der Waals surface area contributed by atoms with E-state index in [-0.39, 0.29) is 1.43 Å². The first-order chi connectivity index (χ1) is 4.43. The van der Waals surface area contributed by atoms with Gasteiger partial charge in [0.05, 0.1) is 0 Å². The van der Waals surface area contributed by atoms with Gasteiger partial charge in [-0.15, -0.1) is 0 Å². The Bertz CT molecular complexity index is 153. The van der Waals surface area contributed by atoms with Gasteiger partial charge in [-0.05, 0) is 6.92 Å². The van der Waals surface area contributed by atoms with Crippen molar-refractivity contribution in [3.63, 3.8) is 0 Å². The largest absolute Gasteiger partial charge is 0.374 e. The lowest BCUT2D eigenvalue weighted by molar-refractivity contribution is 0.129. The summed E-state index contributed by atoms with van der Waals surface area (Å²) in [6.45, 7) is 3.28. The third-order valence-corrected chi connectivity index (χ3v) is 0.998. The summed E-state index contributed by atoms with van der Waals surface area (Å²) >= 11 is 0. The highest BCUT2D eigenvalue weighted by atomic mass is 16.5. The van der Waals surface area contributed by atoms with E-state index < -0.39 is 0 Å². The SMILES string of the molecule is CCOCc1ncc[nH]1.[HH]. The maximum Gasteiger partial charge on any atom is 0.132 e. The second-order valence-electron chi connectivity index (χ2n) is 1.67. The molecule has 0 aliphatic heterocycles. The van der Waals surface area contributed by atoms with E-state index in [0.29, 0.717) is 6.61 Å². The molecule has 3 nitrogen and oxygen atoms in total. The molecule has 52 valence electrons. The molecule has 3 heteroatoms. The predicted molar refractivity (Wildman–Crippen MR) is 36.0 cm³/mol. The van der Waals surface area contributed by atoms with Gasteiger partial charge in [0.25, 0.3) is 0 Å². The molecule has 0 saturated carbocycles. The number of imidazole rings is 1. The fourth-order valence-electron chi connectivity index (χ4n) is 0.576. The first-order valence-corrected chi connectivity index (χ1v) is 2.99. The molecule has 1 aromatic rings. The second kappa shape index (κ2) is 3.25. The van der Waals surface area contributed by atoms with Crippen LogP contribution in [0.1, 0.15) is 14.2 Å². The number of nitrogens with one attached hydrogen (secondary N) is 1. The van der Waals surface area contributed by atoms with Crippen molar-refractivity contribution in [3.05, 3.63) is 18.2 Å². The minimum Gasteiger partial charge on any atom is -0.374 e. The average molecular weight is 128 g/mol. The molecule has 0 unspecified atom stereocenters. The fraction of sp³-hybridized carbons (Fsp3) is 0.500. The van der Waals surface area contributed by atoms with Gasteiger partial charge in [0.15, 0.2) is 0 Å². The predicted octanol–water partition coefficient (Wildman–Crippen LogP) is 1.19. The normalized spacial score (nSPS) is 9.89. The van der Waals surface area contributed by atoms with Gasteiger partial charge in [-0.25, -0.2) is 4.98 Å². The third kappa shape index (κ3) is 1.85. The Morgan fingerprint density at radius 3 is 3.33 bits per heavy atom. The molecule has 1 heterocycles. The molecule has 0 bridgehead atoms. The van der Waals surface area contributed by atoms with Crippen LogP contribution in [-0.2, 0) is 11.3 Å². The molecule has 0 amide bonds. The van der Waals surface area contributed by atoms with Crippen molar-refractivity contribution >= 4 is 0 Å².